The first kappa shape index (κ1) is 9.89. The second-order valence-corrected chi connectivity index (χ2v) is 2.84. The van der Waals surface area contributed by atoms with Crippen LogP contribution in [0.5, 0.6) is 0 Å². The van der Waals surface area contributed by atoms with E-state index in [2.05, 4.69) is 13.8 Å². The highest BCUT2D eigenvalue weighted by molar-refractivity contribution is 4.44. The summed E-state index contributed by atoms with van der Waals surface area (Å²) in [6, 6.07) is 0. The largest absolute Gasteiger partial charge is 0.379 e. The molecule has 0 bridgehead atoms. The summed E-state index contributed by atoms with van der Waals surface area (Å²) in [4.78, 5) is 0. The highest BCUT2D eigenvalue weighted by Crippen LogP contribution is 2.02. The summed E-state index contributed by atoms with van der Waals surface area (Å²) in [6.45, 7) is 4.96. The van der Waals surface area contributed by atoms with Gasteiger partial charge in [0.05, 0.1) is 6.61 Å². The van der Waals surface area contributed by atoms with Crippen molar-refractivity contribution in [2.75, 3.05) is 19.9 Å². The third-order valence-corrected chi connectivity index (χ3v) is 1.29. The van der Waals surface area contributed by atoms with Crippen LogP contribution in [0, 0.1) is 5.92 Å². The Balaban J connectivity index is 2.77. The summed E-state index contributed by atoms with van der Waals surface area (Å²) in [5.74, 6) is 0.731. The Hall–Kier alpha value is -0.110. The average Bonchev–Trinajstić information content (AvgIpc) is 1.87. The van der Waals surface area contributed by atoms with Crippen molar-refractivity contribution in [1.29, 1.82) is 0 Å². The predicted octanol–water partition coefficient (Wildman–Crippen LogP) is 2.41. The molecule has 0 unspecified atom stereocenters. The fourth-order valence-electron chi connectivity index (χ4n) is 0.750. The minimum atomic E-state index is -0.359. The van der Waals surface area contributed by atoms with E-state index in [1.165, 1.54) is 6.42 Å². The molecule has 0 saturated carbocycles. The SMILES string of the molecule is CC(C)CCCOCCF. The maximum absolute atomic E-state index is 11.5. The normalized spacial score (nSPS) is 10.8. The van der Waals surface area contributed by atoms with Crippen molar-refractivity contribution in [3.05, 3.63) is 0 Å². The van der Waals surface area contributed by atoms with Gasteiger partial charge in [-0.25, -0.2) is 4.39 Å². The molecule has 0 rings (SSSR count). The molecule has 0 radical (unpaired) electrons. The van der Waals surface area contributed by atoms with E-state index in [0.717, 1.165) is 12.3 Å². The lowest BCUT2D eigenvalue weighted by Crippen LogP contribution is -1.99. The van der Waals surface area contributed by atoms with Crippen molar-refractivity contribution in [2.24, 2.45) is 5.92 Å². The summed E-state index contributed by atoms with van der Waals surface area (Å²) in [5, 5.41) is 0. The monoisotopic (exact) mass is 148 g/mol. The van der Waals surface area contributed by atoms with E-state index in [1.54, 1.807) is 0 Å². The lowest BCUT2D eigenvalue weighted by Gasteiger charge is -2.03. The quantitative estimate of drug-likeness (QED) is 0.525. The second-order valence-electron chi connectivity index (χ2n) is 2.84. The van der Waals surface area contributed by atoms with Crippen molar-refractivity contribution in [3.63, 3.8) is 0 Å². The number of rotatable bonds is 6. The molecule has 0 spiro atoms. The molecule has 0 saturated heterocycles. The average molecular weight is 148 g/mol. The van der Waals surface area contributed by atoms with Crippen LogP contribution in [0.3, 0.4) is 0 Å². The van der Waals surface area contributed by atoms with Gasteiger partial charge in [-0.1, -0.05) is 13.8 Å². The molecule has 0 amide bonds. The fraction of sp³-hybridized carbons (Fsp3) is 1.00. The molecular formula is C8H17FO. The molecule has 62 valence electrons. The molecule has 0 atom stereocenters. The maximum atomic E-state index is 11.5. The van der Waals surface area contributed by atoms with Gasteiger partial charge in [0, 0.05) is 6.61 Å². The van der Waals surface area contributed by atoms with E-state index in [1.807, 2.05) is 0 Å². The standard InChI is InChI=1S/C8H17FO/c1-8(2)4-3-6-10-7-5-9/h8H,3-7H2,1-2H3. The summed E-state index contributed by atoms with van der Waals surface area (Å²) in [7, 11) is 0. The Morgan fingerprint density at radius 3 is 2.50 bits per heavy atom. The second kappa shape index (κ2) is 7.00. The van der Waals surface area contributed by atoms with Gasteiger partial charge >= 0.3 is 0 Å². The zero-order chi connectivity index (χ0) is 7.82. The summed E-state index contributed by atoms with van der Waals surface area (Å²) in [5.41, 5.74) is 0. The highest BCUT2D eigenvalue weighted by atomic mass is 19.1. The van der Waals surface area contributed by atoms with Crippen LogP contribution in [-0.4, -0.2) is 19.9 Å². The van der Waals surface area contributed by atoms with E-state index < -0.39 is 0 Å². The maximum Gasteiger partial charge on any atom is 0.113 e. The van der Waals surface area contributed by atoms with Gasteiger partial charge in [-0.2, -0.15) is 0 Å². The predicted molar refractivity (Wildman–Crippen MR) is 40.9 cm³/mol. The first-order valence-corrected chi connectivity index (χ1v) is 3.91. The minimum Gasteiger partial charge on any atom is -0.379 e. The first-order chi connectivity index (χ1) is 4.77. The number of halogens is 1. The van der Waals surface area contributed by atoms with Crippen LogP contribution in [0.1, 0.15) is 26.7 Å². The molecule has 0 aromatic heterocycles. The van der Waals surface area contributed by atoms with E-state index in [-0.39, 0.29) is 13.3 Å². The molecule has 0 aliphatic rings. The Labute approximate surface area is 62.6 Å². The first-order valence-electron chi connectivity index (χ1n) is 3.91. The zero-order valence-electron chi connectivity index (χ0n) is 6.90. The van der Waals surface area contributed by atoms with Gasteiger partial charge < -0.3 is 4.74 Å². The van der Waals surface area contributed by atoms with Crippen molar-refractivity contribution in [2.45, 2.75) is 26.7 Å². The molecule has 10 heavy (non-hydrogen) atoms. The van der Waals surface area contributed by atoms with Crippen molar-refractivity contribution in [1.82, 2.24) is 0 Å². The lowest BCUT2D eigenvalue weighted by atomic mass is 10.1. The van der Waals surface area contributed by atoms with Gasteiger partial charge in [-0.3, -0.25) is 0 Å². The molecule has 2 heteroatoms. The van der Waals surface area contributed by atoms with Crippen LogP contribution in [0.15, 0.2) is 0 Å². The van der Waals surface area contributed by atoms with Crippen LogP contribution < -0.4 is 0 Å². The third-order valence-electron chi connectivity index (χ3n) is 1.29. The van der Waals surface area contributed by atoms with Gasteiger partial charge in [0.2, 0.25) is 0 Å². The molecule has 0 N–H and O–H groups in total. The molecular weight excluding hydrogens is 131 g/mol. The van der Waals surface area contributed by atoms with E-state index >= 15 is 0 Å². The summed E-state index contributed by atoms with van der Waals surface area (Å²) < 4.78 is 16.4. The molecule has 0 aliphatic heterocycles. The molecule has 0 aliphatic carbocycles. The highest BCUT2D eigenvalue weighted by Gasteiger charge is 1.93. The molecule has 0 aromatic carbocycles. The topological polar surface area (TPSA) is 9.23 Å². The Morgan fingerprint density at radius 1 is 1.30 bits per heavy atom. The smallest absolute Gasteiger partial charge is 0.113 e. The fourth-order valence-corrected chi connectivity index (χ4v) is 0.750. The van der Waals surface area contributed by atoms with E-state index in [9.17, 15) is 4.39 Å². The van der Waals surface area contributed by atoms with Gasteiger partial charge in [0.25, 0.3) is 0 Å². The molecule has 0 aromatic rings. The van der Waals surface area contributed by atoms with Crippen LogP contribution >= 0.6 is 0 Å². The number of alkyl halides is 1. The van der Waals surface area contributed by atoms with E-state index in [4.69, 9.17) is 4.74 Å². The number of hydrogen-bond acceptors (Lipinski definition) is 1. The number of ether oxygens (including phenoxy) is 1. The van der Waals surface area contributed by atoms with Gasteiger partial charge in [0.15, 0.2) is 0 Å². The van der Waals surface area contributed by atoms with E-state index in [0.29, 0.717) is 6.61 Å². The Kier molecular flexibility index (Phi) is 6.93. The number of hydrogen-bond donors (Lipinski definition) is 0. The lowest BCUT2D eigenvalue weighted by molar-refractivity contribution is 0.113. The minimum absolute atomic E-state index is 0.262. The summed E-state index contributed by atoms with van der Waals surface area (Å²) in [6.07, 6.45) is 2.23. The van der Waals surface area contributed by atoms with Crippen LogP contribution in [0.4, 0.5) is 4.39 Å². The van der Waals surface area contributed by atoms with Crippen LogP contribution in [0.25, 0.3) is 0 Å². The van der Waals surface area contributed by atoms with Crippen LogP contribution in [0.2, 0.25) is 0 Å². The molecule has 0 fully saturated rings. The Morgan fingerprint density at radius 2 is 2.00 bits per heavy atom. The zero-order valence-corrected chi connectivity index (χ0v) is 6.90. The van der Waals surface area contributed by atoms with Gasteiger partial charge in [-0.15, -0.1) is 0 Å². The molecule has 0 heterocycles. The van der Waals surface area contributed by atoms with Gasteiger partial charge in [-0.05, 0) is 18.8 Å². The Bertz CT molecular complexity index is 64.3. The van der Waals surface area contributed by atoms with Crippen molar-refractivity contribution < 1.29 is 9.13 Å². The van der Waals surface area contributed by atoms with Crippen molar-refractivity contribution >= 4 is 0 Å². The van der Waals surface area contributed by atoms with Gasteiger partial charge in [0.1, 0.15) is 6.67 Å². The van der Waals surface area contributed by atoms with Crippen LogP contribution in [-0.2, 0) is 4.74 Å². The third kappa shape index (κ3) is 7.89. The summed E-state index contributed by atoms with van der Waals surface area (Å²) >= 11 is 0. The van der Waals surface area contributed by atoms with Crippen molar-refractivity contribution in [3.8, 4) is 0 Å². The molecule has 1 nitrogen and oxygen atoms in total.